The Hall–Kier alpha value is 0.447. The minimum atomic E-state index is -0.789. The molecule has 3 nitrogen and oxygen atoms in total. The highest BCUT2D eigenvalue weighted by Crippen LogP contribution is 2.22. The summed E-state index contributed by atoms with van der Waals surface area (Å²) in [7, 11) is 5.77. The van der Waals surface area contributed by atoms with Crippen LogP contribution in [0, 0.1) is 0 Å². The van der Waals surface area contributed by atoms with E-state index < -0.39 is 5.12 Å². The van der Waals surface area contributed by atoms with Crippen molar-refractivity contribution in [2.75, 3.05) is 21.3 Å². The van der Waals surface area contributed by atoms with Gasteiger partial charge in [-0.15, -0.1) is 12.6 Å². The molecule has 68 valence electrons. The monoisotopic (exact) mass is 196 g/mol. The minimum Gasteiger partial charge on any atom is -0.386 e. The highest BCUT2D eigenvalue weighted by molar-refractivity contribution is 7.81. The van der Waals surface area contributed by atoms with Crippen molar-refractivity contribution in [3.63, 3.8) is 0 Å². The highest BCUT2D eigenvalue weighted by atomic mass is 32.1. The van der Waals surface area contributed by atoms with Crippen molar-refractivity contribution in [2.24, 2.45) is 0 Å². The van der Waals surface area contributed by atoms with Crippen LogP contribution >= 0.6 is 12.6 Å². The van der Waals surface area contributed by atoms with Gasteiger partial charge in [0.05, 0.1) is 0 Å². The Kier molecular flexibility index (Phi) is 5.37. The van der Waals surface area contributed by atoms with Gasteiger partial charge in [-0.2, -0.15) is 0 Å². The third-order valence-electron chi connectivity index (χ3n) is 1.59. The minimum absolute atomic E-state index is 0.215. The third-order valence-corrected chi connectivity index (χ3v) is 3.01. The molecule has 5 heteroatoms. The maximum Gasteiger partial charge on any atom is 0.216 e. The molecule has 0 aliphatic heterocycles. The SMILES string of the molecule is COC([SiH3])CC(S)(OC)OC. The molecule has 0 aromatic heterocycles. The number of hydrogen-bond acceptors (Lipinski definition) is 4. The Morgan fingerprint density at radius 2 is 1.82 bits per heavy atom. The lowest BCUT2D eigenvalue weighted by Crippen LogP contribution is -2.32. The van der Waals surface area contributed by atoms with Crippen LogP contribution in [0.25, 0.3) is 0 Å². The summed E-state index contributed by atoms with van der Waals surface area (Å²) in [6.45, 7) is 0. The van der Waals surface area contributed by atoms with Crippen LogP contribution in [-0.2, 0) is 14.2 Å². The molecule has 0 fully saturated rings. The van der Waals surface area contributed by atoms with Crippen LogP contribution in [0.2, 0.25) is 0 Å². The molecule has 0 heterocycles. The molecule has 0 spiro atoms. The van der Waals surface area contributed by atoms with E-state index in [9.17, 15) is 0 Å². The number of hydrogen-bond donors (Lipinski definition) is 1. The lowest BCUT2D eigenvalue weighted by atomic mass is 10.4. The van der Waals surface area contributed by atoms with Gasteiger partial charge in [-0.3, -0.25) is 0 Å². The predicted octanol–water partition coefficient (Wildman–Crippen LogP) is -0.409. The van der Waals surface area contributed by atoms with Crippen molar-refractivity contribution < 1.29 is 14.2 Å². The van der Waals surface area contributed by atoms with Gasteiger partial charge in [0, 0.05) is 43.7 Å². The van der Waals surface area contributed by atoms with Crippen LogP contribution in [0.3, 0.4) is 0 Å². The molecule has 0 aliphatic carbocycles. The average Bonchev–Trinajstić information content (AvgIpc) is 2.04. The summed E-state index contributed by atoms with van der Waals surface area (Å²) in [5, 5.41) is -0.789. The highest BCUT2D eigenvalue weighted by Gasteiger charge is 2.26. The Morgan fingerprint density at radius 3 is 2.09 bits per heavy atom. The van der Waals surface area contributed by atoms with Crippen molar-refractivity contribution in [1.82, 2.24) is 0 Å². The summed E-state index contributed by atoms with van der Waals surface area (Å²) >= 11 is 4.21. The Morgan fingerprint density at radius 1 is 1.36 bits per heavy atom. The zero-order chi connectivity index (χ0) is 8.91. The van der Waals surface area contributed by atoms with Crippen molar-refractivity contribution in [2.45, 2.75) is 17.3 Å². The maximum absolute atomic E-state index is 5.10. The fourth-order valence-corrected chi connectivity index (χ4v) is 1.83. The number of methoxy groups -OCH3 is 3. The van der Waals surface area contributed by atoms with E-state index >= 15 is 0 Å². The van der Waals surface area contributed by atoms with Crippen molar-refractivity contribution >= 4 is 22.9 Å². The van der Waals surface area contributed by atoms with Gasteiger partial charge in [-0.1, -0.05) is 0 Å². The fourth-order valence-electron chi connectivity index (χ4n) is 0.697. The predicted molar refractivity (Wildman–Crippen MR) is 51.1 cm³/mol. The van der Waals surface area contributed by atoms with Crippen molar-refractivity contribution in [3.8, 4) is 0 Å². The molecule has 1 atom stereocenters. The van der Waals surface area contributed by atoms with Gasteiger partial charge in [0.15, 0.2) is 0 Å². The van der Waals surface area contributed by atoms with E-state index in [1.165, 1.54) is 0 Å². The molecule has 0 bridgehead atoms. The third kappa shape index (κ3) is 4.12. The van der Waals surface area contributed by atoms with Gasteiger partial charge in [0.25, 0.3) is 0 Å². The lowest BCUT2D eigenvalue weighted by molar-refractivity contribution is -0.146. The van der Waals surface area contributed by atoms with Crippen LogP contribution in [0.5, 0.6) is 0 Å². The quantitative estimate of drug-likeness (QED) is 0.368. The normalized spacial score (nSPS) is 15.3. The summed E-state index contributed by atoms with van der Waals surface area (Å²) < 4.78 is 15.2. The Labute approximate surface area is 76.2 Å². The van der Waals surface area contributed by atoms with Crippen LogP contribution in [0.4, 0.5) is 0 Å². The molecular formula is C6H16O3SSi. The van der Waals surface area contributed by atoms with E-state index in [0.29, 0.717) is 6.42 Å². The van der Waals surface area contributed by atoms with Gasteiger partial charge in [-0.25, -0.2) is 0 Å². The van der Waals surface area contributed by atoms with Crippen molar-refractivity contribution in [1.29, 1.82) is 0 Å². The van der Waals surface area contributed by atoms with Gasteiger partial charge >= 0.3 is 0 Å². The average molecular weight is 196 g/mol. The first-order valence-electron chi connectivity index (χ1n) is 3.43. The van der Waals surface area contributed by atoms with Gasteiger partial charge in [-0.05, 0) is 0 Å². The van der Waals surface area contributed by atoms with Gasteiger partial charge in [0.2, 0.25) is 5.12 Å². The molecule has 1 unspecified atom stereocenters. The van der Waals surface area contributed by atoms with E-state index in [1.54, 1.807) is 21.3 Å². The second-order valence-electron chi connectivity index (χ2n) is 2.37. The van der Waals surface area contributed by atoms with E-state index in [1.807, 2.05) is 0 Å². The number of thiol groups is 1. The first-order valence-corrected chi connectivity index (χ1v) is 5.03. The van der Waals surface area contributed by atoms with E-state index in [0.717, 1.165) is 10.2 Å². The molecule has 11 heavy (non-hydrogen) atoms. The fraction of sp³-hybridized carbons (Fsp3) is 1.00. The zero-order valence-electron chi connectivity index (χ0n) is 7.46. The second-order valence-corrected chi connectivity index (χ2v) is 4.34. The maximum atomic E-state index is 5.10. The molecule has 0 aromatic carbocycles. The number of ether oxygens (including phenoxy) is 3. The summed E-state index contributed by atoms with van der Waals surface area (Å²) in [5.74, 6) is 0. The van der Waals surface area contributed by atoms with Crippen LogP contribution in [-0.4, -0.2) is 42.4 Å². The van der Waals surface area contributed by atoms with Crippen LogP contribution in [0.1, 0.15) is 6.42 Å². The molecule has 0 aliphatic rings. The molecule has 0 aromatic rings. The summed E-state index contributed by atoms with van der Waals surface area (Å²) in [6, 6.07) is 0. The summed E-state index contributed by atoms with van der Waals surface area (Å²) in [4.78, 5) is 0. The molecule has 0 N–H and O–H groups in total. The smallest absolute Gasteiger partial charge is 0.216 e. The number of rotatable bonds is 5. The van der Waals surface area contributed by atoms with Crippen LogP contribution in [0.15, 0.2) is 0 Å². The molecule has 0 radical (unpaired) electrons. The summed E-state index contributed by atoms with van der Waals surface area (Å²) in [5.41, 5.74) is 0.215. The van der Waals surface area contributed by atoms with E-state index in [-0.39, 0.29) is 5.73 Å². The second kappa shape index (κ2) is 5.16. The Bertz CT molecular complexity index is 108. The Balaban J connectivity index is 3.86. The zero-order valence-corrected chi connectivity index (χ0v) is 10.4. The summed E-state index contributed by atoms with van der Waals surface area (Å²) in [6.07, 6.45) is 0.659. The first kappa shape index (κ1) is 11.4. The van der Waals surface area contributed by atoms with Crippen molar-refractivity contribution in [3.05, 3.63) is 0 Å². The van der Waals surface area contributed by atoms with Crippen LogP contribution < -0.4 is 0 Å². The largest absolute Gasteiger partial charge is 0.386 e. The molecule has 0 rings (SSSR count). The molecule has 0 saturated heterocycles. The van der Waals surface area contributed by atoms with Gasteiger partial charge < -0.3 is 14.2 Å². The topological polar surface area (TPSA) is 27.7 Å². The molecular weight excluding hydrogens is 180 g/mol. The molecule has 0 saturated carbocycles. The standard InChI is InChI=1S/C6H16O3SSi/c1-7-5(11)4-6(10,8-2)9-3/h5,10H,4H2,1-3,11H3. The molecule has 0 amide bonds. The van der Waals surface area contributed by atoms with Gasteiger partial charge in [0.1, 0.15) is 0 Å². The van der Waals surface area contributed by atoms with E-state index in [2.05, 4.69) is 12.6 Å². The van der Waals surface area contributed by atoms with E-state index in [4.69, 9.17) is 14.2 Å². The first-order chi connectivity index (χ1) is 5.08. The lowest BCUT2D eigenvalue weighted by Gasteiger charge is -2.27.